The van der Waals surface area contributed by atoms with Crippen LogP contribution < -0.4 is 5.56 Å². The second-order valence-electron chi connectivity index (χ2n) is 4.73. The number of H-pyrrole nitrogens is 1. The molecule has 0 atom stereocenters. The third kappa shape index (κ3) is 2.61. The lowest BCUT2D eigenvalue weighted by Crippen LogP contribution is -2.19. The molecular weight excluding hydrogens is 280 g/mol. The average molecular weight is 294 g/mol. The molecule has 0 saturated heterocycles. The molecule has 0 saturated carbocycles. The van der Waals surface area contributed by atoms with Gasteiger partial charge in [0, 0.05) is 10.9 Å². The van der Waals surface area contributed by atoms with Gasteiger partial charge in [-0.2, -0.15) is 0 Å². The van der Waals surface area contributed by atoms with Crippen molar-refractivity contribution in [3.8, 4) is 11.3 Å². The van der Waals surface area contributed by atoms with Crippen LogP contribution in [0.3, 0.4) is 0 Å². The van der Waals surface area contributed by atoms with Crippen LogP contribution in [0.2, 0.25) is 0 Å². The van der Waals surface area contributed by atoms with Crippen LogP contribution >= 0.6 is 0 Å². The van der Waals surface area contributed by atoms with E-state index in [0.717, 1.165) is 11.3 Å². The number of benzene rings is 1. The number of carbonyl (C=O) groups is 1. The SMILES string of the molecule is CCOC(=O)c1cc2ccc(-c3ccccc3)nc2[nH]c1=O. The maximum Gasteiger partial charge on any atom is 0.343 e. The van der Waals surface area contributed by atoms with Crippen LogP contribution in [0, 0.1) is 0 Å². The monoisotopic (exact) mass is 294 g/mol. The van der Waals surface area contributed by atoms with Gasteiger partial charge < -0.3 is 9.72 Å². The minimum absolute atomic E-state index is 0.0105. The molecule has 1 N–H and O–H groups in total. The zero-order valence-corrected chi connectivity index (χ0v) is 12.0. The molecule has 1 aromatic carbocycles. The molecule has 3 rings (SSSR count). The number of fused-ring (bicyclic) bond motifs is 1. The second kappa shape index (κ2) is 5.81. The van der Waals surface area contributed by atoms with Gasteiger partial charge in [-0.1, -0.05) is 30.3 Å². The van der Waals surface area contributed by atoms with Crippen LogP contribution in [0.15, 0.2) is 53.3 Å². The highest BCUT2D eigenvalue weighted by Crippen LogP contribution is 2.19. The fraction of sp³-hybridized carbons (Fsp3) is 0.118. The Morgan fingerprint density at radius 1 is 1.18 bits per heavy atom. The fourth-order valence-corrected chi connectivity index (χ4v) is 2.21. The van der Waals surface area contributed by atoms with E-state index >= 15 is 0 Å². The lowest BCUT2D eigenvalue weighted by Gasteiger charge is -2.05. The number of carbonyl (C=O) groups excluding carboxylic acids is 1. The predicted octanol–water partition coefficient (Wildman–Crippen LogP) is 2.77. The predicted molar refractivity (Wildman–Crippen MR) is 83.8 cm³/mol. The van der Waals surface area contributed by atoms with E-state index in [1.54, 1.807) is 6.92 Å². The standard InChI is InChI=1S/C17H14N2O3/c1-2-22-17(21)13-10-12-8-9-14(11-6-4-3-5-7-11)18-15(12)19-16(13)20/h3-10H,2H2,1H3,(H,18,19,20). The Morgan fingerprint density at radius 2 is 1.95 bits per heavy atom. The number of hydrogen-bond donors (Lipinski definition) is 1. The van der Waals surface area contributed by atoms with Crippen molar-refractivity contribution in [1.29, 1.82) is 0 Å². The van der Waals surface area contributed by atoms with Crippen molar-refractivity contribution in [3.05, 3.63) is 64.4 Å². The first-order valence-electron chi connectivity index (χ1n) is 6.95. The van der Waals surface area contributed by atoms with Gasteiger partial charge in [0.25, 0.3) is 5.56 Å². The Morgan fingerprint density at radius 3 is 2.68 bits per heavy atom. The molecule has 5 nitrogen and oxygen atoms in total. The summed E-state index contributed by atoms with van der Waals surface area (Å²) >= 11 is 0. The van der Waals surface area contributed by atoms with Crippen LogP contribution in [-0.2, 0) is 4.74 Å². The smallest absolute Gasteiger partial charge is 0.343 e. The van der Waals surface area contributed by atoms with Crippen molar-refractivity contribution in [2.24, 2.45) is 0 Å². The quantitative estimate of drug-likeness (QED) is 0.754. The van der Waals surface area contributed by atoms with Gasteiger partial charge in [-0.15, -0.1) is 0 Å². The molecule has 0 bridgehead atoms. The van der Waals surface area contributed by atoms with Crippen molar-refractivity contribution >= 4 is 17.0 Å². The Hall–Kier alpha value is -2.95. The molecule has 0 aliphatic heterocycles. The van der Waals surface area contributed by atoms with E-state index in [1.165, 1.54) is 6.07 Å². The second-order valence-corrected chi connectivity index (χ2v) is 4.73. The Bertz CT molecular complexity index is 885. The van der Waals surface area contributed by atoms with Crippen LogP contribution in [0.1, 0.15) is 17.3 Å². The molecule has 0 unspecified atom stereocenters. The van der Waals surface area contributed by atoms with Gasteiger partial charge >= 0.3 is 5.97 Å². The number of nitrogens with one attached hydrogen (secondary N) is 1. The lowest BCUT2D eigenvalue weighted by molar-refractivity contribution is 0.0524. The molecular formula is C17H14N2O3. The first-order chi connectivity index (χ1) is 10.7. The maximum absolute atomic E-state index is 12.0. The lowest BCUT2D eigenvalue weighted by atomic mass is 10.1. The number of nitrogens with zero attached hydrogens (tertiary/aromatic N) is 1. The summed E-state index contributed by atoms with van der Waals surface area (Å²) < 4.78 is 4.87. The number of aromatic amines is 1. The van der Waals surface area contributed by atoms with Gasteiger partial charge in [-0.3, -0.25) is 4.79 Å². The molecule has 2 heterocycles. The highest BCUT2D eigenvalue weighted by molar-refractivity contribution is 5.93. The third-order valence-electron chi connectivity index (χ3n) is 3.27. The van der Waals surface area contributed by atoms with Crippen molar-refractivity contribution in [3.63, 3.8) is 0 Å². The molecule has 0 amide bonds. The summed E-state index contributed by atoms with van der Waals surface area (Å²) in [5.41, 5.74) is 1.65. The third-order valence-corrected chi connectivity index (χ3v) is 3.27. The molecule has 22 heavy (non-hydrogen) atoms. The summed E-state index contributed by atoms with van der Waals surface area (Å²) in [6.45, 7) is 1.92. The molecule has 5 heteroatoms. The first kappa shape index (κ1) is 14.0. The highest BCUT2D eigenvalue weighted by atomic mass is 16.5. The Balaban J connectivity index is 2.10. The van der Waals surface area contributed by atoms with Crippen LogP contribution in [-0.4, -0.2) is 22.5 Å². The van der Waals surface area contributed by atoms with Gasteiger partial charge in [0.15, 0.2) is 0 Å². The molecule has 0 spiro atoms. The van der Waals surface area contributed by atoms with Gasteiger partial charge in [0.05, 0.1) is 12.3 Å². The summed E-state index contributed by atoms with van der Waals surface area (Å²) in [5.74, 6) is -0.627. The Labute approximate surface area is 126 Å². The van der Waals surface area contributed by atoms with Crippen LogP contribution in [0.25, 0.3) is 22.3 Å². The van der Waals surface area contributed by atoms with E-state index in [0.29, 0.717) is 11.0 Å². The van der Waals surface area contributed by atoms with E-state index < -0.39 is 11.5 Å². The number of ether oxygens (including phenoxy) is 1. The summed E-state index contributed by atoms with van der Waals surface area (Å²) in [7, 11) is 0. The normalized spacial score (nSPS) is 10.6. The summed E-state index contributed by atoms with van der Waals surface area (Å²) in [4.78, 5) is 30.8. The van der Waals surface area contributed by atoms with Crippen LogP contribution in [0.5, 0.6) is 0 Å². The summed E-state index contributed by atoms with van der Waals surface area (Å²) in [6, 6.07) is 14.8. The van der Waals surface area contributed by atoms with Crippen LogP contribution in [0.4, 0.5) is 0 Å². The van der Waals surface area contributed by atoms with E-state index in [9.17, 15) is 9.59 Å². The first-order valence-corrected chi connectivity index (χ1v) is 6.95. The van der Waals surface area contributed by atoms with E-state index in [-0.39, 0.29) is 12.2 Å². The van der Waals surface area contributed by atoms with E-state index in [4.69, 9.17) is 4.74 Å². The van der Waals surface area contributed by atoms with E-state index in [1.807, 2.05) is 42.5 Å². The van der Waals surface area contributed by atoms with Crippen molar-refractivity contribution in [2.75, 3.05) is 6.61 Å². The summed E-state index contributed by atoms with van der Waals surface area (Å²) in [5, 5.41) is 0.683. The van der Waals surface area contributed by atoms with Crippen molar-refractivity contribution in [2.45, 2.75) is 6.92 Å². The molecule has 0 fully saturated rings. The topological polar surface area (TPSA) is 72.0 Å². The summed E-state index contributed by atoms with van der Waals surface area (Å²) in [6.07, 6.45) is 0. The maximum atomic E-state index is 12.0. The number of aromatic nitrogens is 2. The number of esters is 1. The van der Waals surface area contributed by atoms with Gasteiger partial charge in [0.1, 0.15) is 11.2 Å². The molecule has 0 aliphatic rings. The van der Waals surface area contributed by atoms with Gasteiger partial charge in [-0.05, 0) is 25.1 Å². The minimum atomic E-state index is -0.627. The molecule has 3 aromatic rings. The number of pyridine rings is 2. The molecule has 110 valence electrons. The largest absolute Gasteiger partial charge is 0.462 e. The number of hydrogen-bond acceptors (Lipinski definition) is 4. The fourth-order valence-electron chi connectivity index (χ4n) is 2.21. The Kier molecular flexibility index (Phi) is 3.70. The molecule has 0 radical (unpaired) electrons. The van der Waals surface area contributed by atoms with Crippen molar-refractivity contribution < 1.29 is 9.53 Å². The van der Waals surface area contributed by atoms with Gasteiger partial charge in [-0.25, -0.2) is 9.78 Å². The van der Waals surface area contributed by atoms with Gasteiger partial charge in [0.2, 0.25) is 0 Å². The number of rotatable bonds is 3. The molecule has 0 aliphatic carbocycles. The van der Waals surface area contributed by atoms with E-state index in [2.05, 4.69) is 9.97 Å². The highest BCUT2D eigenvalue weighted by Gasteiger charge is 2.13. The average Bonchev–Trinajstić information content (AvgIpc) is 2.54. The molecule has 2 aromatic heterocycles. The minimum Gasteiger partial charge on any atom is -0.462 e. The zero-order valence-electron chi connectivity index (χ0n) is 12.0. The van der Waals surface area contributed by atoms with Crippen molar-refractivity contribution in [1.82, 2.24) is 9.97 Å². The zero-order chi connectivity index (χ0) is 15.5.